The third kappa shape index (κ3) is 3.52. The summed E-state index contributed by atoms with van der Waals surface area (Å²) in [4.78, 5) is 23.0. The maximum atomic E-state index is 12.4. The smallest absolute Gasteiger partial charge is 0.305 e. The van der Waals surface area contributed by atoms with Gasteiger partial charge < -0.3 is 15.7 Å². The van der Waals surface area contributed by atoms with Crippen LogP contribution in [0.3, 0.4) is 0 Å². The van der Waals surface area contributed by atoms with Gasteiger partial charge in [-0.2, -0.15) is 0 Å². The van der Waals surface area contributed by atoms with E-state index < -0.39 is 5.97 Å². The molecule has 1 aliphatic carbocycles. The molecule has 0 saturated carbocycles. The van der Waals surface area contributed by atoms with Crippen LogP contribution in [0, 0.1) is 12.8 Å². The Labute approximate surface area is 164 Å². The summed E-state index contributed by atoms with van der Waals surface area (Å²) in [5.41, 5.74) is 5.30. The van der Waals surface area contributed by atoms with Crippen molar-refractivity contribution in [3.63, 3.8) is 0 Å². The van der Waals surface area contributed by atoms with Gasteiger partial charge in [0, 0.05) is 23.7 Å². The number of hydrogen-bond donors (Lipinski definition) is 3. The van der Waals surface area contributed by atoms with E-state index in [4.69, 9.17) is 5.11 Å². The number of carboxylic acids is 1. The molecular weight excluding hydrogens is 352 g/mol. The number of hydrogen-bond acceptors (Lipinski definition) is 3. The Hall–Kier alpha value is -3.08. The molecule has 1 heterocycles. The number of aryl methyl sites for hydroxylation is 1. The average Bonchev–Trinajstić information content (AvgIpc) is 3.16. The molecule has 0 aromatic heterocycles. The van der Waals surface area contributed by atoms with Crippen molar-refractivity contribution in [2.45, 2.75) is 31.7 Å². The second-order valence-corrected chi connectivity index (χ2v) is 7.59. The van der Waals surface area contributed by atoms with Gasteiger partial charge in [0.1, 0.15) is 0 Å². The maximum Gasteiger partial charge on any atom is 0.305 e. The van der Waals surface area contributed by atoms with Gasteiger partial charge in [-0.05, 0) is 48.6 Å². The number of aliphatic carboxylic acids is 1. The van der Waals surface area contributed by atoms with Crippen molar-refractivity contribution < 1.29 is 14.7 Å². The van der Waals surface area contributed by atoms with Crippen LogP contribution in [0.15, 0.2) is 54.6 Å². The number of rotatable bonds is 5. The van der Waals surface area contributed by atoms with E-state index in [1.165, 1.54) is 11.1 Å². The Morgan fingerprint density at radius 2 is 2.07 bits per heavy atom. The van der Waals surface area contributed by atoms with E-state index in [1.807, 2.05) is 12.1 Å². The molecule has 0 unspecified atom stereocenters. The molecule has 5 heteroatoms. The minimum atomic E-state index is -0.920. The predicted molar refractivity (Wildman–Crippen MR) is 109 cm³/mol. The minimum absolute atomic E-state index is 0.0795. The quantitative estimate of drug-likeness (QED) is 0.689. The monoisotopic (exact) mass is 376 g/mol. The Morgan fingerprint density at radius 3 is 2.86 bits per heavy atom. The largest absolute Gasteiger partial charge is 0.481 e. The maximum absolute atomic E-state index is 12.4. The van der Waals surface area contributed by atoms with Gasteiger partial charge in [-0.1, -0.05) is 42.0 Å². The van der Waals surface area contributed by atoms with Crippen molar-refractivity contribution in [1.29, 1.82) is 0 Å². The molecule has 28 heavy (non-hydrogen) atoms. The molecule has 3 atom stereocenters. The average molecular weight is 376 g/mol. The van der Waals surface area contributed by atoms with E-state index in [9.17, 15) is 9.59 Å². The summed E-state index contributed by atoms with van der Waals surface area (Å²) in [6.45, 7) is 2.24. The highest BCUT2D eigenvalue weighted by Gasteiger charge is 2.38. The van der Waals surface area contributed by atoms with Crippen molar-refractivity contribution >= 4 is 17.6 Å². The first-order valence-corrected chi connectivity index (χ1v) is 9.66. The van der Waals surface area contributed by atoms with Crippen LogP contribution >= 0.6 is 0 Å². The number of benzene rings is 2. The highest BCUT2D eigenvalue weighted by Crippen LogP contribution is 2.49. The van der Waals surface area contributed by atoms with Crippen molar-refractivity contribution in [2.24, 2.45) is 5.92 Å². The van der Waals surface area contributed by atoms with Gasteiger partial charge >= 0.3 is 5.97 Å². The summed E-state index contributed by atoms with van der Waals surface area (Å²) in [7, 11) is 0. The van der Waals surface area contributed by atoms with Crippen LogP contribution in [0.1, 0.15) is 51.8 Å². The van der Waals surface area contributed by atoms with E-state index in [2.05, 4.69) is 54.0 Å². The fourth-order valence-electron chi connectivity index (χ4n) is 4.31. The zero-order chi connectivity index (χ0) is 19.7. The Bertz CT molecular complexity index is 951. The molecule has 0 radical (unpaired) electrons. The fourth-order valence-corrected chi connectivity index (χ4v) is 4.31. The van der Waals surface area contributed by atoms with Crippen LogP contribution in [-0.2, 0) is 4.79 Å². The second kappa shape index (κ2) is 7.50. The molecule has 2 aromatic rings. The van der Waals surface area contributed by atoms with Crippen molar-refractivity contribution in [3.05, 3.63) is 76.9 Å². The van der Waals surface area contributed by atoms with Crippen molar-refractivity contribution in [2.75, 3.05) is 11.9 Å². The van der Waals surface area contributed by atoms with E-state index in [0.717, 1.165) is 17.7 Å². The lowest BCUT2D eigenvalue weighted by Gasteiger charge is -2.37. The van der Waals surface area contributed by atoms with Gasteiger partial charge in [0.05, 0.1) is 12.5 Å². The van der Waals surface area contributed by atoms with E-state index in [-0.39, 0.29) is 30.8 Å². The molecule has 4 rings (SSSR count). The SMILES string of the molecule is Cc1cccc([C@H]2Nc3ccc(C(=O)NCCC(=O)O)cc3[C@@H]3C=CC[C@@H]23)c1. The summed E-state index contributed by atoms with van der Waals surface area (Å²) in [5, 5.41) is 15.1. The topological polar surface area (TPSA) is 78.4 Å². The molecule has 3 N–H and O–H groups in total. The zero-order valence-electron chi connectivity index (χ0n) is 15.8. The van der Waals surface area contributed by atoms with Crippen LogP contribution in [0.5, 0.6) is 0 Å². The van der Waals surface area contributed by atoms with Crippen molar-refractivity contribution in [1.82, 2.24) is 5.32 Å². The first-order valence-electron chi connectivity index (χ1n) is 9.66. The lowest BCUT2D eigenvalue weighted by atomic mass is 9.76. The summed E-state index contributed by atoms with van der Waals surface area (Å²) < 4.78 is 0. The van der Waals surface area contributed by atoms with Gasteiger partial charge in [-0.3, -0.25) is 9.59 Å². The molecule has 0 fully saturated rings. The zero-order valence-corrected chi connectivity index (χ0v) is 15.8. The number of carbonyl (C=O) groups is 2. The normalized spacial score (nSPS) is 22.1. The molecule has 144 valence electrons. The number of amides is 1. The standard InChI is InChI=1S/C23H24N2O3/c1-14-4-2-5-15(12-14)22-18-7-3-6-17(18)19-13-16(8-9-20(19)25-22)23(28)24-11-10-21(26)27/h2-6,8-9,12-13,17-18,22,25H,7,10-11H2,1H3,(H,24,28)(H,26,27)/t17-,18-,22-/m1/s1. The van der Waals surface area contributed by atoms with Gasteiger partial charge in [0.25, 0.3) is 5.91 Å². The molecule has 2 aliphatic rings. The summed E-state index contributed by atoms with van der Waals surface area (Å²) in [6, 6.07) is 14.6. The fraction of sp³-hybridized carbons (Fsp3) is 0.304. The van der Waals surface area contributed by atoms with E-state index in [0.29, 0.717) is 11.5 Å². The Balaban J connectivity index is 1.60. The molecule has 1 aliphatic heterocycles. The predicted octanol–water partition coefficient (Wildman–Crippen LogP) is 4.03. The van der Waals surface area contributed by atoms with Gasteiger partial charge in [0.15, 0.2) is 0 Å². The number of carboxylic acid groups (broad SMARTS) is 1. The van der Waals surface area contributed by atoms with Gasteiger partial charge in [-0.25, -0.2) is 0 Å². The summed E-state index contributed by atoms with van der Waals surface area (Å²) in [5.74, 6) is -0.465. The molecule has 0 saturated heterocycles. The number of anilines is 1. The van der Waals surface area contributed by atoms with Crippen LogP contribution in [0.2, 0.25) is 0 Å². The van der Waals surface area contributed by atoms with Crippen LogP contribution in [-0.4, -0.2) is 23.5 Å². The first-order chi connectivity index (χ1) is 13.5. The first kappa shape index (κ1) is 18.3. The van der Waals surface area contributed by atoms with Gasteiger partial charge in [-0.15, -0.1) is 0 Å². The summed E-state index contributed by atoms with van der Waals surface area (Å²) >= 11 is 0. The lowest BCUT2D eigenvalue weighted by Crippen LogP contribution is -2.30. The molecule has 2 aromatic carbocycles. The Morgan fingerprint density at radius 1 is 1.21 bits per heavy atom. The van der Waals surface area contributed by atoms with Crippen molar-refractivity contribution in [3.8, 4) is 0 Å². The number of carbonyl (C=O) groups excluding carboxylic acids is 1. The van der Waals surface area contributed by atoms with E-state index >= 15 is 0 Å². The number of fused-ring (bicyclic) bond motifs is 3. The third-order valence-electron chi connectivity index (χ3n) is 5.65. The highest BCUT2D eigenvalue weighted by molar-refractivity contribution is 5.95. The van der Waals surface area contributed by atoms with Gasteiger partial charge in [0.2, 0.25) is 0 Å². The summed E-state index contributed by atoms with van der Waals surface area (Å²) in [6.07, 6.45) is 5.41. The van der Waals surface area contributed by atoms with Crippen LogP contribution in [0.4, 0.5) is 5.69 Å². The number of allylic oxidation sites excluding steroid dienone is 2. The molecule has 1 amide bonds. The van der Waals surface area contributed by atoms with E-state index in [1.54, 1.807) is 6.07 Å². The minimum Gasteiger partial charge on any atom is -0.481 e. The second-order valence-electron chi connectivity index (χ2n) is 7.59. The number of nitrogens with one attached hydrogen (secondary N) is 2. The van der Waals surface area contributed by atoms with Crippen LogP contribution < -0.4 is 10.6 Å². The molecule has 5 nitrogen and oxygen atoms in total. The lowest BCUT2D eigenvalue weighted by molar-refractivity contribution is -0.136. The highest BCUT2D eigenvalue weighted by atomic mass is 16.4. The molecular formula is C23H24N2O3. The Kier molecular flexibility index (Phi) is 4.90. The van der Waals surface area contributed by atoms with Crippen LogP contribution in [0.25, 0.3) is 0 Å². The molecule has 0 spiro atoms. The molecule has 0 bridgehead atoms. The third-order valence-corrected chi connectivity index (χ3v) is 5.65.